The van der Waals surface area contributed by atoms with Crippen LogP contribution < -0.4 is 5.32 Å². The molecule has 0 saturated carbocycles. The Balaban J connectivity index is 1.51. The van der Waals surface area contributed by atoms with Gasteiger partial charge in [-0.1, -0.05) is 29.8 Å². The number of nitrogens with zero attached hydrogens (tertiary/aromatic N) is 3. The molecule has 1 N–H and O–H groups in total. The van der Waals surface area contributed by atoms with Gasteiger partial charge in [0.25, 0.3) is 0 Å². The van der Waals surface area contributed by atoms with Gasteiger partial charge in [0.05, 0.1) is 12.6 Å². The Morgan fingerprint density at radius 1 is 1.26 bits per heavy atom. The first-order chi connectivity index (χ1) is 17.0. The van der Waals surface area contributed by atoms with Crippen LogP contribution in [0.15, 0.2) is 45.4 Å². The number of halogens is 2. The molecule has 1 aromatic rings. The van der Waals surface area contributed by atoms with E-state index in [0.29, 0.717) is 18.6 Å². The third kappa shape index (κ3) is 7.06. The van der Waals surface area contributed by atoms with E-state index in [4.69, 9.17) is 21.3 Å². The van der Waals surface area contributed by atoms with Gasteiger partial charge in [0.2, 0.25) is 0 Å². The van der Waals surface area contributed by atoms with Gasteiger partial charge in [0, 0.05) is 74.2 Å². The van der Waals surface area contributed by atoms with Crippen LogP contribution >= 0.6 is 27.5 Å². The fourth-order valence-electron chi connectivity index (χ4n) is 5.99. The SMILES string of the molecule is C=C(Br)C=NCC1=C(C)CCc2cc(Cl)ccc2C1N1CCC(N2CCNC(CCOC)C2)CC1. The average Bonchev–Trinajstić information content (AvgIpc) is 2.99. The molecule has 7 heteroatoms. The monoisotopic (exact) mass is 562 g/mol. The Morgan fingerprint density at radius 2 is 2.06 bits per heavy atom. The van der Waals surface area contributed by atoms with Gasteiger partial charge in [-0.2, -0.15) is 0 Å². The minimum absolute atomic E-state index is 0.268. The predicted molar refractivity (Wildman–Crippen MR) is 151 cm³/mol. The van der Waals surface area contributed by atoms with Crippen molar-refractivity contribution in [2.45, 2.75) is 57.2 Å². The number of benzene rings is 1. The summed E-state index contributed by atoms with van der Waals surface area (Å²) in [6, 6.07) is 7.97. The fraction of sp³-hybridized carbons (Fsp3) is 0.607. The van der Waals surface area contributed by atoms with Gasteiger partial charge in [-0.15, -0.1) is 0 Å². The molecule has 35 heavy (non-hydrogen) atoms. The van der Waals surface area contributed by atoms with Crippen LogP contribution in [-0.4, -0.2) is 81.1 Å². The van der Waals surface area contributed by atoms with Gasteiger partial charge in [0.1, 0.15) is 0 Å². The molecule has 0 spiro atoms. The number of rotatable bonds is 8. The van der Waals surface area contributed by atoms with Crippen LogP contribution in [0.2, 0.25) is 5.02 Å². The van der Waals surface area contributed by atoms with E-state index < -0.39 is 0 Å². The maximum Gasteiger partial charge on any atom is 0.0621 e. The van der Waals surface area contributed by atoms with Crippen molar-refractivity contribution < 1.29 is 4.74 Å². The highest BCUT2D eigenvalue weighted by Gasteiger charge is 2.34. The first-order valence-electron chi connectivity index (χ1n) is 13.0. The molecule has 0 amide bonds. The molecule has 2 heterocycles. The van der Waals surface area contributed by atoms with E-state index in [-0.39, 0.29) is 6.04 Å². The number of fused-ring (bicyclic) bond motifs is 1. The lowest BCUT2D eigenvalue weighted by Gasteiger charge is -2.45. The lowest BCUT2D eigenvalue weighted by molar-refractivity contribution is 0.0650. The van der Waals surface area contributed by atoms with Gasteiger partial charge >= 0.3 is 0 Å². The van der Waals surface area contributed by atoms with E-state index >= 15 is 0 Å². The summed E-state index contributed by atoms with van der Waals surface area (Å²) in [5.41, 5.74) is 5.70. The molecule has 4 rings (SSSR count). The zero-order chi connectivity index (χ0) is 24.8. The minimum atomic E-state index is 0.268. The normalized spacial score (nSPS) is 25.1. The summed E-state index contributed by atoms with van der Waals surface area (Å²) >= 11 is 9.84. The van der Waals surface area contributed by atoms with Crippen molar-refractivity contribution in [3.05, 3.63) is 56.6 Å². The standard InChI is InChI=1S/C28H40BrClN4O/c1-20-4-5-22-16-23(30)6-7-26(22)28(27(20)18-31-17-21(2)29)33-12-8-25(9-13-33)34-14-11-32-24(19-34)10-15-35-3/h6-7,16-17,24-25,28,32H,2,4-5,8-15,18-19H2,1,3H3. The highest BCUT2D eigenvalue weighted by atomic mass is 79.9. The first kappa shape index (κ1) is 27.0. The largest absolute Gasteiger partial charge is 0.385 e. The van der Waals surface area contributed by atoms with Crippen LogP contribution in [0.5, 0.6) is 0 Å². The Bertz CT molecular complexity index is 941. The molecule has 3 aliphatic rings. The Morgan fingerprint density at radius 3 is 2.80 bits per heavy atom. The number of ether oxygens (including phenoxy) is 1. The first-order valence-corrected chi connectivity index (χ1v) is 14.1. The smallest absolute Gasteiger partial charge is 0.0621 e. The number of piperidine rings is 1. The second-order valence-electron chi connectivity index (χ2n) is 10.2. The zero-order valence-electron chi connectivity index (χ0n) is 21.2. The summed E-state index contributed by atoms with van der Waals surface area (Å²) in [4.78, 5) is 10.2. The molecule has 2 aliphatic heterocycles. The molecule has 0 aromatic heterocycles. The van der Waals surface area contributed by atoms with Crippen molar-refractivity contribution in [1.29, 1.82) is 0 Å². The molecule has 0 bridgehead atoms. The molecule has 2 unspecified atom stereocenters. The highest BCUT2D eigenvalue weighted by Crippen LogP contribution is 2.40. The van der Waals surface area contributed by atoms with Crippen LogP contribution in [0, 0.1) is 0 Å². The van der Waals surface area contributed by atoms with Gasteiger partial charge in [0.15, 0.2) is 0 Å². The van der Waals surface area contributed by atoms with Gasteiger partial charge in [-0.05, 0) is 83.8 Å². The summed E-state index contributed by atoms with van der Waals surface area (Å²) in [6.07, 6.45) is 7.44. The summed E-state index contributed by atoms with van der Waals surface area (Å²) in [6.45, 7) is 13.3. The van der Waals surface area contributed by atoms with Gasteiger partial charge in [-0.25, -0.2) is 0 Å². The van der Waals surface area contributed by atoms with Gasteiger partial charge < -0.3 is 10.1 Å². The van der Waals surface area contributed by atoms with E-state index in [2.05, 4.69) is 62.7 Å². The van der Waals surface area contributed by atoms with E-state index in [0.717, 1.165) is 68.1 Å². The van der Waals surface area contributed by atoms with Crippen LogP contribution in [0.3, 0.4) is 0 Å². The number of hydrogen-bond acceptors (Lipinski definition) is 5. The summed E-state index contributed by atoms with van der Waals surface area (Å²) in [5.74, 6) is 0. The molecule has 2 atom stereocenters. The number of nitrogens with one attached hydrogen (secondary N) is 1. The quantitative estimate of drug-likeness (QED) is 0.340. The third-order valence-electron chi connectivity index (χ3n) is 7.88. The van der Waals surface area contributed by atoms with Crippen molar-refractivity contribution in [2.75, 3.05) is 53.0 Å². The van der Waals surface area contributed by atoms with Crippen molar-refractivity contribution in [3.8, 4) is 0 Å². The maximum atomic E-state index is 6.42. The number of allylic oxidation sites excluding steroid dienone is 2. The topological polar surface area (TPSA) is 40.1 Å². The highest BCUT2D eigenvalue weighted by molar-refractivity contribution is 9.12. The average molecular weight is 564 g/mol. The fourth-order valence-corrected chi connectivity index (χ4v) is 6.33. The Labute approximate surface area is 224 Å². The second-order valence-corrected chi connectivity index (χ2v) is 11.6. The van der Waals surface area contributed by atoms with Crippen LogP contribution in [0.1, 0.15) is 49.8 Å². The number of aryl methyl sites for hydroxylation is 1. The number of piperazine rings is 1. The summed E-state index contributed by atoms with van der Waals surface area (Å²) in [7, 11) is 1.79. The van der Waals surface area contributed by atoms with Crippen molar-refractivity contribution in [2.24, 2.45) is 4.99 Å². The minimum Gasteiger partial charge on any atom is -0.385 e. The van der Waals surface area contributed by atoms with E-state index in [9.17, 15) is 0 Å². The zero-order valence-corrected chi connectivity index (χ0v) is 23.6. The molecular formula is C28H40BrClN4O. The van der Waals surface area contributed by atoms with Gasteiger partial charge in [-0.3, -0.25) is 14.8 Å². The molecule has 1 aromatic carbocycles. The molecule has 0 radical (unpaired) electrons. The number of aliphatic imine (C=N–C) groups is 1. The molecule has 1 aliphatic carbocycles. The molecule has 5 nitrogen and oxygen atoms in total. The van der Waals surface area contributed by atoms with Crippen molar-refractivity contribution in [3.63, 3.8) is 0 Å². The van der Waals surface area contributed by atoms with Crippen LogP contribution in [0.25, 0.3) is 0 Å². The lowest BCUT2D eigenvalue weighted by atomic mass is 9.90. The van der Waals surface area contributed by atoms with E-state index in [1.807, 2.05) is 6.21 Å². The molecule has 2 saturated heterocycles. The molecule has 192 valence electrons. The predicted octanol–water partition coefficient (Wildman–Crippen LogP) is 5.40. The van der Waals surface area contributed by atoms with E-state index in [1.54, 1.807) is 7.11 Å². The Hall–Kier alpha value is -1.02. The molecule has 2 fully saturated rings. The van der Waals surface area contributed by atoms with Crippen LogP contribution in [0.4, 0.5) is 0 Å². The van der Waals surface area contributed by atoms with E-state index in [1.165, 1.54) is 35.1 Å². The van der Waals surface area contributed by atoms with Crippen LogP contribution in [-0.2, 0) is 11.2 Å². The number of methoxy groups -OCH3 is 1. The van der Waals surface area contributed by atoms with Crippen molar-refractivity contribution >= 4 is 33.7 Å². The van der Waals surface area contributed by atoms with Crippen molar-refractivity contribution in [1.82, 2.24) is 15.1 Å². The Kier molecular flexibility index (Phi) is 10.0. The number of likely N-dealkylation sites (tertiary alicyclic amines) is 1. The molecular weight excluding hydrogens is 524 g/mol. The second kappa shape index (κ2) is 13.0. The summed E-state index contributed by atoms with van der Waals surface area (Å²) in [5, 5.41) is 4.50. The number of hydrogen-bond donors (Lipinski definition) is 1. The summed E-state index contributed by atoms with van der Waals surface area (Å²) < 4.78 is 6.13. The maximum absolute atomic E-state index is 6.42. The lowest BCUT2D eigenvalue weighted by Crippen LogP contribution is -2.56. The third-order valence-corrected chi connectivity index (χ3v) is 8.32.